The first kappa shape index (κ1) is 12.2. The maximum Gasteiger partial charge on any atom is 0.326 e. The highest BCUT2D eigenvalue weighted by molar-refractivity contribution is 5.83. The van der Waals surface area contributed by atoms with Crippen molar-refractivity contribution in [3.8, 4) is 0 Å². The van der Waals surface area contributed by atoms with Crippen molar-refractivity contribution in [1.82, 2.24) is 10.2 Å². The van der Waals surface area contributed by atoms with Gasteiger partial charge in [0.25, 0.3) is 0 Å². The minimum absolute atomic E-state index is 0.193. The molecular weight excluding hydrogens is 220 g/mol. The van der Waals surface area contributed by atoms with E-state index in [-0.39, 0.29) is 12.1 Å². The lowest BCUT2D eigenvalue weighted by atomic mass is 9.96. The smallest absolute Gasteiger partial charge is 0.326 e. The molecule has 1 saturated heterocycles. The van der Waals surface area contributed by atoms with E-state index in [1.807, 2.05) is 0 Å². The fraction of sp³-hybridized carbons (Fsp3) is 0.833. The first-order valence-electron chi connectivity index (χ1n) is 6.48. The zero-order chi connectivity index (χ0) is 12.3. The van der Waals surface area contributed by atoms with Crippen LogP contribution >= 0.6 is 0 Å². The van der Waals surface area contributed by atoms with E-state index in [0.29, 0.717) is 13.0 Å². The van der Waals surface area contributed by atoms with Gasteiger partial charge in [0.05, 0.1) is 0 Å². The SMILES string of the molecule is O=C(O)[C@H]1CCCN1C(=O)NC1CCCCC1. The summed E-state index contributed by atoms with van der Waals surface area (Å²) in [6.07, 6.45) is 6.98. The van der Waals surface area contributed by atoms with Crippen molar-refractivity contribution in [2.75, 3.05) is 6.54 Å². The molecular formula is C12H20N2O3. The highest BCUT2D eigenvalue weighted by atomic mass is 16.4. The van der Waals surface area contributed by atoms with Crippen LogP contribution in [0.1, 0.15) is 44.9 Å². The van der Waals surface area contributed by atoms with Crippen molar-refractivity contribution < 1.29 is 14.7 Å². The molecule has 0 aromatic carbocycles. The van der Waals surface area contributed by atoms with E-state index in [2.05, 4.69) is 5.32 Å². The maximum atomic E-state index is 12.0. The molecule has 5 nitrogen and oxygen atoms in total. The average molecular weight is 240 g/mol. The lowest BCUT2D eigenvalue weighted by molar-refractivity contribution is -0.141. The molecule has 0 aromatic heterocycles. The fourth-order valence-corrected chi connectivity index (χ4v) is 2.77. The van der Waals surface area contributed by atoms with E-state index in [9.17, 15) is 9.59 Å². The summed E-state index contributed by atoms with van der Waals surface area (Å²) < 4.78 is 0. The fourth-order valence-electron chi connectivity index (χ4n) is 2.77. The number of likely N-dealkylation sites (tertiary alicyclic amines) is 1. The Morgan fingerprint density at radius 1 is 1.06 bits per heavy atom. The predicted molar refractivity (Wildman–Crippen MR) is 62.8 cm³/mol. The number of carboxylic acid groups (broad SMARTS) is 1. The van der Waals surface area contributed by atoms with Gasteiger partial charge in [-0.05, 0) is 25.7 Å². The van der Waals surface area contributed by atoms with Crippen LogP contribution in [0.15, 0.2) is 0 Å². The van der Waals surface area contributed by atoms with E-state index in [0.717, 1.165) is 32.1 Å². The Bertz CT molecular complexity index is 300. The number of rotatable bonds is 2. The molecule has 5 heteroatoms. The monoisotopic (exact) mass is 240 g/mol. The Morgan fingerprint density at radius 2 is 1.76 bits per heavy atom. The first-order valence-corrected chi connectivity index (χ1v) is 6.48. The lowest BCUT2D eigenvalue weighted by Gasteiger charge is -2.27. The Labute approximate surface area is 101 Å². The summed E-state index contributed by atoms with van der Waals surface area (Å²) in [5.41, 5.74) is 0. The molecule has 96 valence electrons. The highest BCUT2D eigenvalue weighted by Gasteiger charge is 2.34. The Hall–Kier alpha value is -1.26. The molecule has 0 radical (unpaired) electrons. The van der Waals surface area contributed by atoms with Crippen molar-refractivity contribution in [2.24, 2.45) is 0 Å². The van der Waals surface area contributed by atoms with Gasteiger partial charge in [-0.25, -0.2) is 9.59 Å². The van der Waals surface area contributed by atoms with Crippen LogP contribution in [0.4, 0.5) is 4.79 Å². The number of carbonyl (C=O) groups is 2. The quantitative estimate of drug-likeness (QED) is 0.770. The highest BCUT2D eigenvalue weighted by Crippen LogP contribution is 2.20. The van der Waals surface area contributed by atoms with E-state index >= 15 is 0 Å². The number of nitrogens with zero attached hydrogens (tertiary/aromatic N) is 1. The third-order valence-electron chi connectivity index (χ3n) is 3.73. The van der Waals surface area contributed by atoms with Crippen LogP contribution in [0.2, 0.25) is 0 Å². The standard InChI is InChI=1S/C12H20N2O3/c15-11(16)10-7-4-8-14(10)12(17)13-9-5-2-1-3-6-9/h9-10H,1-8H2,(H,13,17)(H,15,16)/t10-/m1/s1. The second-order valence-corrected chi connectivity index (χ2v) is 4.97. The van der Waals surface area contributed by atoms with Gasteiger partial charge < -0.3 is 15.3 Å². The molecule has 17 heavy (non-hydrogen) atoms. The van der Waals surface area contributed by atoms with Gasteiger partial charge in [0.15, 0.2) is 0 Å². The van der Waals surface area contributed by atoms with Crippen LogP contribution < -0.4 is 5.32 Å². The van der Waals surface area contributed by atoms with Gasteiger partial charge >= 0.3 is 12.0 Å². The second-order valence-electron chi connectivity index (χ2n) is 4.97. The van der Waals surface area contributed by atoms with Crippen LogP contribution in [0, 0.1) is 0 Å². The van der Waals surface area contributed by atoms with Gasteiger partial charge in [-0.1, -0.05) is 19.3 Å². The van der Waals surface area contributed by atoms with Gasteiger partial charge in [-0.2, -0.15) is 0 Å². The summed E-state index contributed by atoms with van der Waals surface area (Å²) in [6.45, 7) is 0.565. The van der Waals surface area contributed by atoms with Crippen molar-refractivity contribution >= 4 is 12.0 Å². The minimum atomic E-state index is -0.888. The number of hydrogen-bond donors (Lipinski definition) is 2. The molecule has 2 fully saturated rings. The topological polar surface area (TPSA) is 69.6 Å². The summed E-state index contributed by atoms with van der Waals surface area (Å²) in [7, 11) is 0. The van der Waals surface area contributed by atoms with Crippen molar-refractivity contribution in [3.63, 3.8) is 0 Å². The average Bonchev–Trinajstić information content (AvgIpc) is 2.79. The molecule has 1 aliphatic heterocycles. The van der Waals surface area contributed by atoms with Crippen LogP contribution in [0.3, 0.4) is 0 Å². The number of urea groups is 1. The molecule has 1 saturated carbocycles. The number of carboxylic acids is 1. The van der Waals surface area contributed by atoms with Crippen molar-refractivity contribution in [2.45, 2.75) is 57.0 Å². The summed E-state index contributed by atoms with van der Waals surface area (Å²) in [5, 5.41) is 12.0. The first-order chi connectivity index (χ1) is 8.18. The summed E-state index contributed by atoms with van der Waals surface area (Å²) >= 11 is 0. The van der Waals surface area contributed by atoms with Gasteiger partial charge in [-0.3, -0.25) is 0 Å². The van der Waals surface area contributed by atoms with E-state index < -0.39 is 12.0 Å². The number of nitrogens with one attached hydrogen (secondary N) is 1. The largest absolute Gasteiger partial charge is 0.480 e. The molecule has 0 unspecified atom stereocenters. The molecule has 2 N–H and O–H groups in total. The Balaban J connectivity index is 1.88. The van der Waals surface area contributed by atoms with Crippen LogP contribution in [-0.2, 0) is 4.79 Å². The number of hydrogen-bond acceptors (Lipinski definition) is 2. The van der Waals surface area contributed by atoms with Crippen LogP contribution in [0.25, 0.3) is 0 Å². The predicted octanol–water partition coefficient (Wildman–Crippen LogP) is 1.58. The molecule has 0 spiro atoms. The van der Waals surface area contributed by atoms with Gasteiger partial charge in [0.1, 0.15) is 6.04 Å². The summed E-state index contributed by atoms with van der Waals surface area (Å²) in [4.78, 5) is 24.4. The molecule has 0 aromatic rings. The molecule has 2 amide bonds. The van der Waals surface area contributed by atoms with Gasteiger partial charge in [-0.15, -0.1) is 0 Å². The molecule has 1 heterocycles. The number of carbonyl (C=O) groups excluding carboxylic acids is 1. The number of amides is 2. The molecule has 1 aliphatic carbocycles. The third kappa shape index (κ3) is 2.90. The van der Waals surface area contributed by atoms with Gasteiger partial charge in [0, 0.05) is 12.6 Å². The number of aliphatic carboxylic acids is 1. The Kier molecular flexibility index (Phi) is 3.86. The zero-order valence-electron chi connectivity index (χ0n) is 10.0. The van der Waals surface area contributed by atoms with Crippen LogP contribution in [0.5, 0.6) is 0 Å². The lowest BCUT2D eigenvalue weighted by Crippen LogP contribution is -2.49. The van der Waals surface area contributed by atoms with Crippen LogP contribution in [-0.4, -0.2) is 40.6 Å². The molecule has 0 bridgehead atoms. The summed E-state index contributed by atoms with van der Waals surface area (Å²) in [6, 6.07) is -0.577. The molecule has 1 atom stereocenters. The molecule has 2 rings (SSSR count). The Morgan fingerprint density at radius 3 is 2.41 bits per heavy atom. The minimum Gasteiger partial charge on any atom is -0.480 e. The van der Waals surface area contributed by atoms with E-state index in [1.54, 1.807) is 0 Å². The van der Waals surface area contributed by atoms with Gasteiger partial charge in [0.2, 0.25) is 0 Å². The second kappa shape index (κ2) is 5.38. The van der Waals surface area contributed by atoms with Crippen molar-refractivity contribution in [3.05, 3.63) is 0 Å². The maximum absolute atomic E-state index is 12.0. The van der Waals surface area contributed by atoms with E-state index in [4.69, 9.17) is 5.11 Å². The third-order valence-corrected chi connectivity index (χ3v) is 3.73. The van der Waals surface area contributed by atoms with Crippen molar-refractivity contribution in [1.29, 1.82) is 0 Å². The van der Waals surface area contributed by atoms with E-state index in [1.165, 1.54) is 11.3 Å². The summed E-state index contributed by atoms with van der Waals surface area (Å²) in [5.74, 6) is -0.888. The zero-order valence-corrected chi connectivity index (χ0v) is 10.0. The normalized spacial score (nSPS) is 25.9. The molecule has 2 aliphatic rings.